The molecule has 0 spiro atoms. The zero-order valence-corrected chi connectivity index (χ0v) is 10.5. The van der Waals surface area contributed by atoms with Gasteiger partial charge in [0.25, 0.3) is 0 Å². The summed E-state index contributed by atoms with van der Waals surface area (Å²) in [5.74, 6) is 0.863. The van der Waals surface area contributed by atoms with Gasteiger partial charge in [-0.3, -0.25) is 5.43 Å². The average Bonchev–Trinajstić information content (AvgIpc) is 2.83. The van der Waals surface area contributed by atoms with Crippen LogP contribution in [-0.2, 0) is 0 Å². The first-order valence-corrected chi connectivity index (χ1v) is 6.32. The Hall–Kier alpha value is -2.15. The van der Waals surface area contributed by atoms with Gasteiger partial charge in [0.2, 0.25) is 5.13 Å². The molecule has 0 fully saturated rings. The van der Waals surface area contributed by atoms with Crippen molar-refractivity contribution in [3.05, 3.63) is 18.2 Å². The van der Waals surface area contributed by atoms with Gasteiger partial charge < -0.3 is 4.74 Å². The summed E-state index contributed by atoms with van der Waals surface area (Å²) in [7, 11) is 0. The van der Waals surface area contributed by atoms with Gasteiger partial charge in [-0.2, -0.15) is 0 Å². The molecule has 0 unspecified atom stereocenters. The quantitative estimate of drug-likeness (QED) is 0.917. The van der Waals surface area contributed by atoms with Gasteiger partial charge >= 0.3 is 0 Å². The number of hydrogen-bond donors (Lipinski definition) is 1. The molecule has 0 saturated carbocycles. The topological polar surface area (TPSA) is 62.1 Å². The number of rotatable bonds is 3. The van der Waals surface area contributed by atoms with Crippen LogP contribution in [-0.4, -0.2) is 24.3 Å². The molecule has 0 atom stereocenters. The summed E-state index contributed by atoms with van der Waals surface area (Å²) in [6, 6.07) is 5.87. The van der Waals surface area contributed by atoms with Crippen LogP contribution >= 0.6 is 11.3 Å². The highest BCUT2D eigenvalue weighted by Crippen LogP contribution is 2.30. The SMILES string of the molecule is CCOc1ccc2nc(N3C=NN=CN3)sc2c1. The molecule has 0 radical (unpaired) electrons. The molecular weight excluding hydrogens is 250 g/mol. The second kappa shape index (κ2) is 4.61. The summed E-state index contributed by atoms with van der Waals surface area (Å²) < 4.78 is 6.55. The van der Waals surface area contributed by atoms with E-state index in [-0.39, 0.29) is 0 Å². The predicted molar refractivity (Wildman–Crippen MR) is 73.4 cm³/mol. The Labute approximate surface area is 108 Å². The maximum Gasteiger partial charge on any atom is 0.211 e. The zero-order valence-electron chi connectivity index (χ0n) is 9.70. The fraction of sp³-hybridized carbons (Fsp3) is 0.182. The molecule has 3 rings (SSSR count). The third kappa shape index (κ3) is 2.00. The lowest BCUT2D eigenvalue weighted by Crippen LogP contribution is -2.37. The molecule has 2 heterocycles. The molecule has 6 nitrogen and oxygen atoms in total. The van der Waals surface area contributed by atoms with E-state index in [1.165, 1.54) is 6.34 Å². The lowest BCUT2D eigenvalue weighted by Gasteiger charge is -2.15. The van der Waals surface area contributed by atoms with Crippen molar-refractivity contribution in [2.75, 3.05) is 11.6 Å². The second-order valence-electron chi connectivity index (χ2n) is 3.53. The minimum atomic E-state index is 0.661. The molecule has 92 valence electrons. The van der Waals surface area contributed by atoms with Crippen LogP contribution in [0.4, 0.5) is 5.13 Å². The summed E-state index contributed by atoms with van der Waals surface area (Å²) in [6.45, 7) is 2.63. The minimum absolute atomic E-state index is 0.661. The summed E-state index contributed by atoms with van der Waals surface area (Å²) in [6.07, 6.45) is 3.10. The van der Waals surface area contributed by atoms with Gasteiger partial charge in [-0.1, -0.05) is 11.3 Å². The normalized spacial score (nSPS) is 13.9. The molecule has 1 aliphatic heterocycles. The van der Waals surface area contributed by atoms with E-state index >= 15 is 0 Å². The number of aromatic nitrogens is 1. The summed E-state index contributed by atoms with van der Waals surface area (Å²) in [4.78, 5) is 4.51. The maximum absolute atomic E-state index is 5.47. The van der Waals surface area contributed by atoms with Crippen LogP contribution in [0, 0.1) is 0 Å². The van der Waals surface area contributed by atoms with Crippen LogP contribution in [0.25, 0.3) is 10.2 Å². The monoisotopic (exact) mass is 261 g/mol. The Morgan fingerprint density at radius 1 is 1.39 bits per heavy atom. The first-order valence-electron chi connectivity index (χ1n) is 5.50. The van der Waals surface area contributed by atoms with Crippen molar-refractivity contribution in [2.24, 2.45) is 10.2 Å². The third-order valence-electron chi connectivity index (χ3n) is 2.35. The lowest BCUT2D eigenvalue weighted by atomic mass is 10.3. The standard InChI is InChI=1S/C11H11N5OS/c1-2-17-8-3-4-9-10(5-8)18-11(15-9)16-7-13-12-6-14-16/h3-7H,2H2,1H3,(H,12,14). The Balaban J connectivity index is 1.95. The molecule has 1 aliphatic rings. The summed E-state index contributed by atoms with van der Waals surface area (Å²) in [5, 5.41) is 10.0. The van der Waals surface area contributed by atoms with Gasteiger partial charge in [0.05, 0.1) is 16.8 Å². The third-order valence-corrected chi connectivity index (χ3v) is 3.37. The molecule has 2 aromatic rings. The average molecular weight is 261 g/mol. The molecule has 7 heteroatoms. The van der Waals surface area contributed by atoms with Crippen molar-refractivity contribution in [1.29, 1.82) is 0 Å². The fourth-order valence-electron chi connectivity index (χ4n) is 1.59. The van der Waals surface area contributed by atoms with Crippen molar-refractivity contribution in [2.45, 2.75) is 6.92 Å². The second-order valence-corrected chi connectivity index (χ2v) is 4.54. The van der Waals surface area contributed by atoms with Gasteiger partial charge in [-0.15, -0.1) is 10.2 Å². The van der Waals surface area contributed by atoms with Crippen molar-refractivity contribution >= 4 is 39.4 Å². The molecule has 1 aromatic carbocycles. The Morgan fingerprint density at radius 3 is 3.11 bits per heavy atom. The van der Waals surface area contributed by atoms with Gasteiger partial charge in [0.15, 0.2) is 0 Å². The number of hydrogen-bond acceptors (Lipinski definition) is 7. The summed E-state index contributed by atoms with van der Waals surface area (Å²) in [5.41, 5.74) is 3.89. The van der Waals surface area contributed by atoms with Gasteiger partial charge in [-0.05, 0) is 25.1 Å². The van der Waals surface area contributed by atoms with E-state index in [2.05, 4.69) is 20.6 Å². The molecule has 0 amide bonds. The smallest absolute Gasteiger partial charge is 0.211 e. The Kier molecular flexibility index (Phi) is 2.81. The fourth-order valence-corrected chi connectivity index (χ4v) is 2.53. The largest absolute Gasteiger partial charge is 0.494 e. The van der Waals surface area contributed by atoms with E-state index in [0.717, 1.165) is 21.1 Å². The van der Waals surface area contributed by atoms with Crippen LogP contribution < -0.4 is 15.2 Å². The number of hydrazine groups is 1. The van der Waals surface area contributed by atoms with Crippen molar-refractivity contribution in [3.63, 3.8) is 0 Å². The van der Waals surface area contributed by atoms with E-state index in [9.17, 15) is 0 Å². The molecule has 0 aliphatic carbocycles. The zero-order chi connectivity index (χ0) is 12.4. The molecule has 1 aromatic heterocycles. The van der Waals surface area contributed by atoms with E-state index in [0.29, 0.717) is 6.61 Å². The van der Waals surface area contributed by atoms with Crippen LogP contribution in [0.3, 0.4) is 0 Å². The number of benzene rings is 1. The van der Waals surface area contributed by atoms with Crippen molar-refractivity contribution in [3.8, 4) is 5.75 Å². The predicted octanol–water partition coefficient (Wildman–Crippen LogP) is 1.99. The van der Waals surface area contributed by atoms with Crippen LogP contribution in [0.1, 0.15) is 6.92 Å². The molecular formula is C11H11N5OS. The number of ether oxygens (including phenoxy) is 1. The Bertz CT molecular complexity index is 621. The highest BCUT2D eigenvalue weighted by molar-refractivity contribution is 7.22. The van der Waals surface area contributed by atoms with Crippen LogP contribution in [0.15, 0.2) is 28.4 Å². The number of fused-ring (bicyclic) bond motifs is 1. The minimum Gasteiger partial charge on any atom is -0.494 e. The molecule has 18 heavy (non-hydrogen) atoms. The highest BCUT2D eigenvalue weighted by Gasteiger charge is 2.11. The van der Waals surface area contributed by atoms with Gasteiger partial charge in [-0.25, -0.2) is 9.99 Å². The lowest BCUT2D eigenvalue weighted by molar-refractivity contribution is 0.341. The molecule has 0 saturated heterocycles. The highest BCUT2D eigenvalue weighted by atomic mass is 32.1. The molecule has 0 bridgehead atoms. The first-order chi connectivity index (χ1) is 8.86. The number of anilines is 1. The van der Waals surface area contributed by atoms with Gasteiger partial charge in [0.1, 0.15) is 18.4 Å². The van der Waals surface area contributed by atoms with Crippen molar-refractivity contribution < 1.29 is 4.74 Å². The maximum atomic E-state index is 5.47. The summed E-state index contributed by atoms with van der Waals surface area (Å²) >= 11 is 1.56. The van der Waals surface area contributed by atoms with E-state index in [1.807, 2.05) is 25.1 Å². The first kappa shape index (κ1) is 11.0. The molecule has 1 N–H and O–H groups in total. The van der Waals surface area contributed by atoms with Gasteiger partial charge in [0, 0.05) is 0 Å². The number of thiazole rings is 1. The number of nitrogens with zero attached hydrogens (tertiary/aromatic N) is 4. The van der Waals surface area contributed by atoms with E-state index < -0.39 is 0 Å². The van der Waals surface area contributed by atoms with Crippen LogP contribution in [0.2, 0.25) is 0 Å². The van der Waals surface area contributed by atoms with Crippen LogP contribution in [0.5, 0.6) is 5.75 Å². The van der Waals surface area contributed by atoms with E-state index in [1.54, 1.807) is 22.7 Å². The van der Waals surface area contributed by atoms with E-state index in [4.69, 9.17) is 4.74 Å². The Morgan fingerprint density at radius 2 is 2.33 bits per heavy atom. The number of nitrogens with one attached hydrogen (secondary N) is 1. The van der Waals surface area contributed by atoms with Crippen molar-refractivity contribution in [1.82, 2.24) is 10.4 Å².